The Balaban J connectivity index is 1.52. The van der Waals surface area contributed by atoms with Gasteiger partial charge in [-0.3, -0.25) is 24.1 Å². The van der Waals surface area contributed by atoms with Gasteiger partial charge < -0.3 is 4.74 Å². The zero-order valence-corrected chi connectivity index (χ0v) is 14.9. The number of hydrogen-bond donors (Lipinski definition) is 0. The Kier molecular flexibility index (Phi) is 5.48. The number of nitrogens with zero attached hydrogens (tertiary/aromatic N) is 1. The number of imide groups is 1. The van der Waals surface area contributed by atoms with Crippen LogP contribution in [0.5, 0.6) is 0 Å². The third-order valence-corrected chi connectivity index (χ3v) is 4.94. The van der Waals surface area contributed by atoms with E-state index in [2.05, 4.69) is 0 Å². The zero-order valence-electron chi connectivity index (χ0n) is 14.9. The Morgan fingerprint density at radius 3 is 2.22 bits per heavy atom. The fourth-order valence-electron chi connectivity index (χ4n) is 3.45. The molecule has 6 nitrogen and oxygen atoms in total. The largest absolute Gasteiger partial charge is 0.454 e. The van der Waals surface area contributed by atoms with Crippen molar-refractivity contribution < 1.29 is 28.3 Å². The lowest BCUT2D eigenvalue weighted by Gasteiger charge is -2.16. The summed E-state index contributed by atoms with van der Waals surface area (Å²) in [6.07, 6.45) is 3.66. The maximum Gasteiger partial charge on any atom is 0.308 e. The van der Waals surface area contributed by atoms with Crippen LogP contribution in [0.15, 0.2) is 36.4 Å². The van der Waals surface area contributed by atoms with Crippen molar-refractivity contribution in [3.63, 3.8) is 0 Å². The summed E-state index contributed by atoms with van der Waals surface area (Å²) in [6, 6.07) is 4.94. The second-order valence-electron chi connectivity index (χ2n) is 6.74. The Labute approximate surface area is 156 Å². The number of carbonyl (C=O) groups is 4. The minimum absolute atomic E-state index is 0.0546. The number of carbonyl (C=O) groups excluding carboxylic acids is 4. The molecule has 1 aliphatic carbocycles. The number of fused-ring (bicyclic) bond motifs is 1. The van der Waals surface area contributed by atoms with Crippen LogP contribution in [0.2, 0.25) is 0 Å². The van der Waals surface area contributed by atoms with Crippen molar-refractivity contribution in [1.82, 2.24) is 4.90 Å². The molecule has 142 valence electrons. The van der Waals surface area contributed by atoms with Gasteiger partial charge in [-0.1, -0.05) is 12.2 Å². The second-order valence-corrected chi connectivity index (χ2v) is 6.74. The number of benzene rings is 1. The highest BCUT2D eigenvalue weighted by Gasteiger charge is 2.47. The highest BCUT2D eigenvalue weighted by atomic mass is 19.1. The van der Waals surface area contributed by atoms with Crippen molar-refractivity contribution in [3.8, 4) is 0 Å². The van der Waals surface area contributed by atoms with E-state index < -0.39 is 23.7 Å². The van der Waals surface area contributed by atoms with Crippen LogP contribution in [0.1, 0.15) is 36.5 Å². The summed E-state index contributed by atoms with van der Waals surface area (Å²) < 4.78 is 18.0. The number of rotatable bonds is 6. The van der Waals surface area contributed by atoms with E-state index in [9.17, 15) is 23.6 Å². The van der Waals surface area contributed by atoms with Crippen LogP contribution in [-0.4, -0.2) is 41.1 Å². The van der Waals surface area contributed by atoms with Crippen molar-refractivity contribution in [1.29, 1.82) is 0 Å². The number of ether oxygens (including phenoxy) is 1. The van der Waals surface area contributed by atoms with E-state index in [1.165, 1.54) is 19.1 Å². The molecule has 0 saturated carbocycles. The standard InChI is InChI=1S/C20H20FNO5/c1-12(18(24)13-6-8-14(21)9-7-13)27-17(23)10-11-22-19(25)15-4-2-3-5-16(15)20(22)26/h2-3,6-9,12,15-16H,4-5,10-11H2,1H3/t12-,15-,16+/m0/s1. The van der Waals surface area contributed by atoms with Crippen LogP contribution >= 0.6 is 0 Å². The normalized spacial score (nSPS) is 22.5. The van der Waals surface area contributed by atoms with Crippen LogP contribution in [0.3, 0.4) is 0 Å². The third-order valence-electron chi connectivity index (χ3n) is 4.94. The molecular formula is C20H20FNO5. The van der Waals surface area contributed by atoms with Crippen LogP contribution in [0, 0.1) is 17.7 Å². The van der Waals surface area contributed by atoms with Crippen LogP contribution in [-0.2, 0) is 19.1 Å². The first-order valence-corrected chi connectivity index (χ1v) is 8.88. The second kappa shape index (κ2) is 7.82. The van der Waals surface area contributed by atoms with Crippen molar-refractivity contribution in [2.45, 2.75) is 32.3 Å². The van der Waals surface area contributed by atoms with E-state index in [4.69, 9.17) is 4.74 Å². The molecular weight excluding hydrogens is 353 g/mol. The van der Waals surface area contributed by atoms with Gasteiger partial charge in [-0.15, -0.1) is 0 Å². The summed E-state index contributed by atoms with van der Waals surface area (Å²) in [5, 5.41) is 0. The monoisotopic (exact) mass is 373 g/mol. The van der Waals surface area contributed by atoms with Gasteiger partial charge in [0, 0.05) is 12.1 Å². The summed E-state index contributed by atoms with van der Waals surface area (Å²) in [7, 11) is 0. The molecule has 0 aromatic heterocycles. The molecule has 1 fully saturated rings. The molecule has 0 bridgehead atoms. The summed E-state index contributed by atoms with van der Waals surface area (Å²) in [4.78, 5) is 50.0. The molecule has 3 atom stereocenters. The minimum atomic E-state index is -1.04. The molecule has 0 unspecified atom stereocenters. The lowest BCUT2D eigenvalue weighted by Crippen LogP contribution is -2.34. The highest BCUT2D eigenvalue weighted by molar-refractivity contribution is 6.05. The number of ketones is 1. The smallest absolute Gasteiger partial charge is 0.308 e. The SMILES string of the molecule is C[C@H](OC(=O)CCN1C(=O)[C@H]2CC=CC[C@H]2C1=O)C(=O)c1ccc(F)cc1. The molecule has 27 heavy (non-hydrogen) atoms. The van der Waals surface area contributed by atoms with Crippen LogP contribution in [0.4, 0.5) is 4.39 Å². The van der Waals surface area contributed by atoms with Gasteiger partial charge in [-0.05, 0) is 44.0 Å². The molecule has 0 radical (unpaired) electrons. The maximum absolute atomic E-state index is 12.9. The van der Waals surface area contributed by atoms with Crippen LogP contribution in [0.25, 0.3) is 0 Å². The molecule has 0 spiro atoms. The third kappa shape index (κ3) is 3.97. The molecule has 0 N–H and O–H groups in total. The predicted octanol–water partition coefficient (Wildman–Crippen LogP) is 2.28. The number of hydrogen-bond acceptors (Lipinski definition) is 5. The summed E-state index contributed by atoms with van der Waals surface area (Å²) in [5.74, 6) is -2.77. The van der Waals surface area contributed by atoms with Gasteiger partial charge >= 0.3 is 5.97 Å². The first-order chi connectivity index (χ1) is 12.9. The number of allylic oxidation sites excluding steroid dienone is 2. The highest BCUT2D eigenvalue weighted by Crippen LogP contribution is 2.35. The number of halogens is 1. The fourth-order valence-corrected chi connectivity index (χ4v) is 3.45. The molecule has 1 aromatic rings. The van der Waals surface area contributed by atoms with Gasteiger partial charge in [0.25, 0.3) is 0 Å². The topological polar surface area (TPSA) is 80.8 Å². The Hall–Kier alpha value is -2.83. The minimum Gasteiger partial charge on any atom is -0.454 e. The zero-order chi connectivity index (χ0) is 19.6. The average Bonchev–Trinajstić information content (AvgIpc) is 2.91. The number of amides is 2. The molecule has 1 aromatic carbocycles. The van der Waals surface area contributed by atoms with Crippen molar-refractivity contribution in [2.75, 3.05) is 6.54 Å². The Morgan fingerprint density at radius 1 is 1.11 bits per heavy atom. The molecule has 1 aliphatic heterocycles. The quantitative estimate of drug-likeness (QED) is 0.331. The summed E-state index contributed by atoms with van der Waals surface area (Å²) in [6.45, 7) is 1.37. The molecule has 7 heteroatoms. The Morgan fingerprint density at radius 2 is 1.67 bits per heavy atom. The van der Waals surface area contributed by atoms with Gasteiger partial charge in [0.2, 0.25) is 17.6 Å². The van der Waals surface area contributed by atoms with E-state index in [0.29, 0.717) is 12.8 Å². The average molecular weight is 373 g/mol. The maximum atomic E-state index is 12.9. The van der Waals surface area contributed by atoms with Crippen molar-refractivity contribution in [3.05, 3.63) is 47.8 Å². The lowest BCUT2D eigenvalue weighted by molar-refractivity contribution is -0.147. The fraction of sp³-hybridized carbons (Fsp3) is 0.400. The molecule has 2 aliphatic rings. The van der Waals surface area contributed by atoms with E-state index in [-0.39, 0.29) is 42.2 Å². The summed E-state index contributed by atoms with van der Waals surface area (Å²) in [5.41, 5.74) is 0.234. The van der Waals surface area contributed by atoms with Crippen LogP contribution < -0.4 is 0 Å². The van der Waals surface area contributed by atoms with Gasteiger partial charge in [0.05, 0.1) is 18.3 Å². The van der Waals surface area contributed by atoms with Gasteiger partial charge in [-0.2, -0.15) is 0 Å². The molecule has 1 heterocycles. The number of esters is 1. The van der Waals surface area contributed by atoms with Crippen molar-refractivity contribution in [2.24, 2.45) is 11.8 Å². The molecule has 1 saturated heterocycles. The number of likely N-dealkylation sites (tertiary alicyclic amines) is 1. The summed E-state index contributed by atoms with van der Waals surface area (Å²) >= 11 is 0. The van der Waals surface area contributed by atoms with E-state index in [0.717, 1.165) is 17.0 Å². The van der Waals surface area contributed by atoms with E-state index in [1.807, 2.05) is 12.2 Å². The van der Waals surface area contributed by atoms with E-state index in [1.54, 1.807) is 0 Å². The first kappa shape index (κ1) is 18.9. The first-order valence-electron chi connectivity index (χ1n) is 8.88. The van der Waals surface area contributed by atoms with Gasteiger partial charge in [0.15, 0.2) is 6.10 Å². The number of Topliss-reactive ketones (excluding diaryl/α,β-unsaturated/α-hetero) is 1. The molecule has 3 rings (SSSR count). The molecule has 2 amide bonds. The van der Waals surface area contributed by atoms with Crippen molar-refractivity contribution >= 4 is 23.6 Å². The van der Waals surface area contributed by atoms with Gasteiger partial charge in [0.1, 0.15) is 5.82 Å². The lowest BCUT2D eigenvalue weighted by atomic mass is 9.85. The van der Waals surface area contributed by atoms with E-state index >= 15 is 0 Å². The predicted molar refractivity (Wildman–Crippen MR) is 93.0 cm³/mol. The Bertz CT molecular complexity index is 775. The van der Waals surface area contributed by atoms with Gasteiger partial charge in [-0.25, -0.2) is 4.39 Å².